The highest BCUT2D eigenvalue weighted by molar-refractivity contribution is 7.09. The number of aryl methyl sites for hydroxylation is 1. The Kier molecular flexibility index (Phi) is 4.96. The van der Waals surface area contributed by atoms with E-state index in [1.165, 1.54) is 0 Å². The third-order valence-corrected chi connectivity index (χ3v) is 3.91. The molecule has 19 heavy (non-hydrogen) atoms. The predicted octanol–water partition coefficient (Wildman–Crippen LogP) is 3.10. The molecule has 0 saturated carbocycles. The summed E-state index contributed by atoms with van der Waals surface area (Å²) in [5, 5.41) is 11.6. The number of thiazole rings is 1. The lowest BCUT2D eigenvalue weighted by Crippen LogP contribution is -2.18. The summed E-state index contributed by atoms with van der Waals surface area (Å²) in [5.41, 5.74) is 1.89. The van der Waals surface area contributed by atoms with Crippen molar-refractivity contribution < 1.29 is 0 Å². The van der Waals surface area contributed by atoms with Gasteiger partial charge in [-0.1, -0.05) is 25.4 Å². The van der Waals surface area contributed by atoms with E-state index in [0.717, 1.165) is 29.5 Å². The van der Waals surface area contributed by atoms with Crippen molar-refractivity contribution in [3.63, 3.8) is 0 Å². The van der Waals surface area contributed by atoms with Crippen molar-refractivity contribution in [1.29, 1.82) is 0 Å². The van der Waals surface area contributed by atoms with Crippen LogP contribution in [0.5, 0.6) is 0 Å². The van der Waals surface area contributed by atoms with Crippen LogP contribution in [0.1, 0.15) is 30.2 Å². The molecule has 0 aromatic carbocycles. The van der Waals surface area contributed by atoms with E-state index in [9.17, 15) is 0 Å². The second-order valence-electron chi connectivity index (χ2n) is 5.02. The van der Waals surface area contributed by atoms with Gasteiger partial charge in [0.15, 0.2) is 0 Å². The summed E-state index contributed by atoms with van der Waals surface area (Å²) in [6.07, 6.45) is 1.84. The van der Waals surface area contributed by atoms with Crippen LogP contribution >= 0.6 is 22.9 Å². The van der Waals surface area contributed by atoms with Crippen LogP contribution in [0, 0.1) is 12.8 Å². The number of nitrogens with zero attached hydrogens (tertiary/aromatic N) is 3. The Morgan fingerprint density at radius 3 is 2.89 bits per heavy atom. The highest BCUT2D eigenvalue weighted by Crippen LogP contribution is 2.15. The second-order valence-corrected chi connectivity index (χ2v) is 6.37. The first-order chi connectivity index (χ1) is 9.04. The summed E-state index contributed by atoms with van der Waals surface area (Å²) >= 11 is 7.67. The normalized spacial score (nSPS) is 11.4. The van der Waals surface area contributed by atoms with Crippen molar-refractivity contribution in [2.75, 3.05) is 6.54 Å². The van der Waals surface area contributed by atoms with Crippen LogP contribution in [0.3, 0.4) is 0 Å². The summed E-state index contributed by atoms with van der Waals surface area (Å²) in [7, 11) is 0. The summed E-state index contributed by atoms with van der Waals surface area (Å²) in [6.45, 7) is 8.83. The van der Waals surface area contributed by atoms with Gasteiger partial charge in [-0.05, 0) is 19.4 Å². The van der Waals surface area contributed by atoms with Gasteiger partial charge in [-0.3, -0.25) is 4.68 Å². The minimum Gasteiger partial charge on any atom is -0.310 e. The zero-order valence-electron chi connectivity index (χ0n) is 11.5. The lowest BCUT2D eigenvalue weighted by atomic mass is 10.2. The van der Waals surface area contributed by atoms with Gasteiger partial charge in [0.2, 0.25) is 0 Å². The highest BCUT2D eigenvalue weighted by Gasteiger charge is 2.06. The van der Waals surface area contributed by atoms with Crippen molar-refractivity contribution in [3.05, 3.63) is 33.0 Å². The molecule has 2 aromatic heterocycles. The molecule has 0 amide bonds. The van der Waals surface area contributed by atoms with E-state index in [1.54, 1.807) is 11.3 Å². The maximum Gasteiger partial charge on any atom is 0.107 e. The monoisotopic (exact) mass is 298 g/mol. The standard InChI is InChI=1S/C13H19ClN4S/c1-9(2)4-15-5-13-16-11(8-19-13)6-18-7-12(14)10(3)17-18/h7-9,15H,4-6H2,1-3H3. The molecular formula is C13H19ClN4S. The van der Waals surface area contributed by atoms with Gasteiger partial charge in [0, 0.05) is 18.1 Å². The van der Waals surface area contributed by atoms with Gasteiger partial charge < -0.3 is 5.32 Å². The molecule has 2 rings (SSSR count). The summed E-state index contributed by atoms with van der Waals surface area (Å²) in [5.74, 6) is 0.661. The van der Waals surface area contributed by atoms with E-state index in [0.29, 0.717) is 17.5 Å². The van der Waals surface area contributed by atoms with Crippen molar-refractivity contribution in [2.24, 2.45) is 5.92 Å². The van der Waals surface area contributed by atoms with Gasteiger partial charge in [0.25, 0.3) is 0 Å². The second kappa shape index (κ2) is 6.50. The molecule has 0 aliphatic heterocycles. The largest absolute Gasteiger partial charge is 0.310 e. The lowest BCUT2D eigenvalue weighted by Gasteiger charge is -2.04. The first-order valence-corrected chi connectivity index (χ1v) is 7.64. The average molecular weight is 299 g/mol. The van der Waals surface area contributed by atoms with Crippen LogP contribution in [0.4, 0.5) is 0 Å². The predicted molar refractivity (Wildman–Crippen MR) is 79.7 cm³/mol. The molecule has 0 aliphatic rings. The Morgan fingerprint density at radius 1 is 1.47 bits per heavy atom. The number of nitrogens with one attached hydrogen (secondary N) is 1. The molecule has 104 valence electrons. The van der Waals surface area contributed by atoms with E-state index in [1.807, 2.05) is 17.8 Å². The number of aromatic nitrogens is 3. The molecule has 0 atom stereocenters. The van der Waals surface area contributed by atoms with Crippen LogP contribution in [-0.4, -0.2) is 21.3 Å². The number of hydrogen-bond acceptors (Lipinski definition) is 4. The van der Waals surface area contributed by atoms with Gasteiger partial charge >= 0.3 is 0 Å². The van der Waals surface area contributed by atoms with Crippen LogP contribution in [0.2, 0.25) is 5.02 Å². The first kappa shape index (κ1) is 14.5. The quantitative estimate of drug-likeness (QED) is 0.891. The van der Waals surface area contributed by atoms with Crippen molar-refractivity contribution in [3.8, 4) is 0 Å². The van der Waals surface area contributed by atoms with Gasteiger partial charge in [-0.2, -0.15) is 5.10 Å². The van der Waals surface area contributed by atoms with Crippen molar-refractivity contribution in [2.45, 2.75) is 33.9 Å². The van der Waals surface area contributed by atoms with Crippen molar-refractivity contribution >= 4 is 22.9 Å². The fourth-order valence-corrected chi connectivity index (χ4v) is 2.62. The van der Waals surface area contributed by atoms with E-state index in [2.05, 4.69) is 34.6 Å². The third kappa shape index (κ3) is 4.30. The maximum absolute atomic E-state index is 5.99. The zero-order chi connectivity index (χ0) is 13.8. The molecule has 0 saturated heterocycles. The SMILES string of the molecule is Cc1nn(Cc2csc(CNCC(C)C)n2)cc1Cl. The van der Waals surface area contributed by atoms with Crippen LogP contribution in [0.25, 0.3) is 0 Å². The fraction of sp³-hybridized carbons (Fsp3) is 0.538. The smallest absolute Gasteiger partial charge is 0.107 e. The summed E-state index contributed by atoms with van der Waals surface area (Å²) < 4.78 is 1.83. The Hall–Kier alpha value is -0.910. The van der Waals surface area contributed by atoms with Gasteiger partial charge in [-0.15, -0.1) is 11.3 Å². The van der Waals surface area contributed by atoms with Gasteiger partial charge in [-0.25, -0.2) is 4.98 Å². The molecule has 2 aromatic rings. The molecule has 0 fully saturated rings. The van der Waals surface area contributed by atoms with Crippen molar-refractivity contribution in [1.82, 2.24) is 20.1 Å². The first-order valence-electron chi connectivity index (χ1n) is 6.38. The molecule has 4 nitrogen and oxygen atoms in total. The van der Waals surface area contributed by atoms with Crippen LogP contribution in [-0.2, 0) is 13.1 Å². The minimum atomic E-state index is 0.661. The molecule has 0 aliphatic carbocycles. The topological polar surface area (TPSA) is 42.7 Å². The molecule has 0 spiro atoms. The fourth-order valence-electron chi connectivity index (χ4n) is 1.71. The summed E-state index contributed by atoms with van der Waals surface area (Å²) in [6, 6.07) is 0. The molecule has 0 unspecified atom stereocenters. The third-order valence-electron chi connectivity index (χ3n) is 2.64. The van der Waals surface area contributed by atoms with E-state index in [4.69, 9.17) is 11.6 Å². The van der Waals surface area contributed by atoms with Gasteiger partial charge in [0.1, 0.15) is 5.01 Å². The minimum absolute atomic E-state index is 0.661. The summed E-state index contributed by atoms with van der Waals surface area (Å²) in [4.78, 5) is 4.59. The lowest BCUT2D eigenvalue weighted by molar-refractivity contribution is 0.550. The molecule has 6 heteroatoms. The molecule has 1 N–H and O–H groups in total. The maximum atomic E-state index is 5.99. The Labute approximate surface area is 122 Å². The number of rotatable bonds is 6. The average Bonchev–Trinajstić information content (AvgIpc) is 2.87. The van der Waals surface area contributed by atoms with Gasteiger partial charge in [0.05, 0.1) is 23.0 Å². The Balaban J connectivity index is 1.90. The number of hydrogen-bond donors (Lipinski definition) is 1. The Morgan fingerprint density at radius 2 is 2.26 bits per heavy atom. The van der Waals surface area contributed by atoms with E-state index >= 15 is 0 Å². The van der Waals surface area contributed by atoms with Crippen LogP contribution in [0.15, 0.2) is 11.6 Å². The van der Waals surface area contributed by atoms with E-state index < -0.39 is 0 Å². The van der Waals surface area contributed by atoms with Crippen LogP contribution < -0.4 is 5.32 Å². The highest BCUT2D eigenvalue weighted by atomic mass is 35.5. The molecule has 0 bridgehead atoms. The molecular weight excluding hydrogens is 280 g/mol. The molecule has 2 heterocycles. The zero-order valence-corrected chi connectivity index (χ0v) is 13.1. The molecule has 0 radical (unpaired) electrons. The van der Waals surface area contributed by atoms with E-state index in [-0.39, 0.29) is 0 Å². The number of halogens is 1. The Bertz CT molecular complexity index is 513.